The van der Waals surface area contributed by atoms with Crippen molar-refractivity contribution < 1.29 is 38.9 Å². The molecule has 0 saturated heterocycles. The van der Waals surface area contributed by atoms with E-state index in [1.807, 2.05) is 0 Å². The van der Waals surface area contributed by atoms with E-state index < -0.39 is 78.4 Å². The second-order valence-corrected chi connectivity index (χ2v) is 11.6. The number of alkyl halides is 1. The van der Waals surface area contributed by atoms with Crippen LogP contribution in [0, 0.1) is 17.8 Å². The van der Waals surface area contributed by atoms with Gasteiger partial charge in [0.1, 0.15) is 12.4 Å². The van der Waals surface area contributed by atoms with E-state index in [9.17, 15) is 38.9 Å². The highest BCUT2D eigenvalue weighted by atomic mass is 19.1. The molecule has 0 spiro atoms. The number of carbonyl (C=O) groups excluding carboxylic acids is 4. The summed E-state index contributed by atoms with van der Waals surface area (Å²) in [6.07, 6.45) is -0.693. The average Bonchev–Trinajstić information content (AvgIpc) is 2.87. The molecule has 0 radical (unpaired) electrons. The van der Waals surface area contributed by atoms with Crippen LogP contribution in [0.15, 0.2) is 6.07 Å². The number of phenolic OH excluding ortho intramolecular Hbond substituents is 1. The predicted octanol–water partition coefficient (Wildman–Crippen LogP) is -0.0937. The van der Waals surface area contributed by atoms with Gasteiger partial charge in [-0.15, -0.1) is 0 Å². The van der Waals surface area contributed by atoms with Crippen LogP contribution in [0.25, 0.3) is 0 Å². The number of aromatic hydroxyl groups is 1. The van der Waals surface area contributed by atoms with Gasteiger partial charge in [0.25, 0.3) is 0 Å². The molecule has 1 amide bonds. The summed E-state index contributed by atoms with van der Waals surface area (Å²) in [5.74, 6) is -7.48. The second kappa shape index (κ2) is 11.9. The Morgan fingerprint density at radius 2 is 1.82 bits per heavy atom. The third-order valence-electron chi connectivity index (χ3n) is 8.63. The maximum atomic E-state index is 14.1. The lowest BCUT2D eigenvalue weighted by molar-refractivity contribution is -0.171. The van der Waals surface area contributed by atoms with Crippen molar-refractivity contribution >= 4 is 28.9 Å². The summed E-state index contributed by atoms with van der Waals surface area (Å²) in [6, 6.07) is 0.465. The van der Waals surface area contributed by atoms with E-state index in [2.05, 4.69) is 0 Å². The number of amides is 1. The molecule has 222 valence electrons. The maximum absolute atomic E-state index is 14.1. The molecule has 0 heterocycles. The van der Waals surface area contributed by atoms with Crippen LogP contribution in [0.5, 0.6) is 5.75 Å². The molecular formula is C28H41FN4O7. The number of halogens is 1. The number of primary amides is 1. The Bertz CT molecular complexity index is 1190. The lowest BCUT2D eigenvalue weighted by Gasteiger charge is -2.49. The number of nitrogens with two attached hydrogens (primary N) is 1. The van der Waals surface area contributed by atoms with Crippen molar-refractivity contribution in [3.05, 3.63) is 22.8 Å². The number of aliphatic hydroxyl groups excluding tert-OH is 1. The number of carbonyl (C=O) groups is 4. The number of benzene rings is 1. The molecule has 2 unspecified atom stereocenters. The van der Waals surface area contributed by atoms with Crippen LogP contribution >= 0.6 is 0 Å². The van der Waals surface area contributed by atoms with Crippen molar-refractivity contribution in [2.45, 2.75) is 50.4 Å². The number of hydrogen-bond donors (Lipinski definition) is 4. The monoisotopic (exact) mass is 564 g/mol. The molecule has 1 saturated carbocycles. The van der Waals surface area contributed by atoms with Gasteiger partial charge in [0.2, 0.25) is 5.91 Å². The normalized spacial score (nSPS) is 25.9. The first-order valence-electron chi connectivity index (χ1n) is 13.3. The molecule has 2 aliphatic carbocycles. The summed E-state index contributed by atoms with van der Waals surface area (Å²) in [5, 5.41) is 33.2. The molecule has 0 bridgehead atoms. The van der Waals surface area contributed by atoms with Crippen molar-refractivity contribution in [2.75, 3.05) is 53.4 Å². The number of nitrogens with zero attached hydrogens (tertiary/aromatic N) is 3. The molecule has 0 aliphatic heterocycles. The van der Waals surface area contributed by atoms with E-state index in [-0.39, 0.29) is 30.7 Å². The predicted molar refractivity (Wildman–Crippen MR) is 146 cm³/mol. The molecule has 2 aliphatic rings. The molecular weight excluding hydrogens is 523 g/mol. The minimum absolute atomic E-state index is 0.0259. The molecule has 40 heavy (non-hydrogen) atoms. The number of phenols is 1. The number of anilines is 1. The molecule has 0 aromatic heterocycles. The fraction of sp³-hybridized carbons (Fsp3) is 0.643. The van der Waals surface area contributed by atoms with E-state index in [0.717, 1.165) is 0 Å². The molecule has 3 rings (SSSR count). The summed E-state index contributed by atoms with van der Waals surface area (Å²) in [6.45, 7) is 0.717. The molecule has 12 heteroatoms. The van der Waals surface area contributed by atoms with Crippen molar-refractivity contribution in [3.63, 3.8) is 0 Å². The Labute approximate surface area is 233 Å². The van der Waals surface area contributed by atoms with E-state index in [1.54, 1.807) is 62.9 Å². The topological polar surface area (TPSA) is 165 Å². The van der Waals surface area contributed by atoms with Crippen molar-refractivity contribution in [1.82, 2.24) is 9.80 Å². The summed E-state index contributed by atoms with van der Waals surface area (Å²) in [4.78, 5) is 58.0. The van der Waals surface area contributed by atoms with Crippen LogP contribution < -0.4 is 10.6 Å². The van der Waals surface area contributed by atoms with Gasteiger partial charge in [-0.1, -0.05) is 0 Å². The summed E-state index contributed by atoms with van der Waals surface area (Å²) in [5.41, 5.74) is 3.96. The fourth-order valence-corrected chi connectivity index (χ4v) is 6.23. The standard InChI is InChI=1S/C28H41FN4O7/c1-14(11-29)33(6)12-16-9-19(31(2)3)17-7-15-8-18(20(13-34)32(4)5)28(40,21(35)10-22(30)36)27(39)23(15)26(38)24(17)25(16)37/h9,14-15,18,20,23,34,37,40H,7-8,10-13H2,1-6H3,(H2,30,36)/t14?,15-,18-,20+,23?,28+/m0/s1. The molecule has 11 nitrogen and oxygen atoms in total. The number of aliphatic hydroxyl groups is 2. The number of fused-ring (bicyclic) bond motifs is 2. The van der Waals surface area contributed by atoms with E-state index >= 15 is 0 Å². The van der Waals surface area contributed by atoms with Gasteiger partial charge in [0.05, 0.1) is 24.5 Å². The molecule has 5 N–H and O–H groups in total. The summed E-state index contributed by atoms with van der Waals surface area (Å²) in [7, 11) is 8.51. The fourth-order valence-electron chi connectivity index (χ4n) is 6.23. The lowest BCUT2D eigenvalue weighted by Crippen LogP contribution is -2.67. The van der Waals surface area contributed by atoms with Gasteiger partial charge >= 0.3 is 0 Å². The SMILES string of the molecule is CC(CF)N(C)Cc1cc(N(C)C)c2c(c1O)C(=O)C1C(=O)[C@](O)(C(=O)CC(N)=O)[C@H]([C@@H](CO)N(C)C)C[C@@H]1C2. The van der Waals surface area contributed by atoms with Gasteiger partial charge in [-0.05, 0) is 58.5 Å². The summed E-state index contributed by atoms with van der Waals surface area (Å²) >= 11 is 0. The van der Waals surface area contributed by atoms with Gasteiger partial charge in [0.15, 0.2) is 23.0 Å². The average molecular weight is 565 g/mol. The minimum atomic E-state index is -2.74. The van der Waals surface area contributed by atoms with Crippen LogP contribution in [0.4, 0.5) is 10.1 Å². The number of ketones is 3. The maximum Gasteiger partial charge on any atom is 0.225 e. The summed E-state index contributed by atoms with van der Waals surface area (Å²) < 4.78 is 13.3. The molecule has 6 atom stereocenters. The Morgan fingerprint density at radius 3 is 2.33 bits per heavy atom. The third-order valence-corrected chi connectivity index (χ3v) is 8.63. The van der Waals surface area contributed by atoms with E-state index in [1.165, 1.54) is 0 Å². The van der Waals surface area contributed by atoms with Crippen molar-refractivity contribution in [3.8, 4) is 5.75 Å². The first-order chi connectivity index (χ1) is 18.6. The quantitative estimate of drug-likeness (QED) is 0.267. The molecule has 1 aromatic carbocycles. The highest BCUT2D eigenvalue weighted by molar-refractivity contribution is 6.24. The van der Waals surface area contributed by atoms with Gasteiger partial charge in [-0.25, -0.2) is 4.39 Å². The zero-order valence-electron chi connectivity index (χ0n) is 24.0. The third kappa shape index (κ3) is 5.37. The van der Waals surface area contributed by atoms with E-state index in [4.69, 9.17) is 5.73 Å². The Balaban J connectivity index is 2.20. The Kier molecular flexibility index (Phi) is 9.40. The van der Waals surface area contributed by atoms with E-state index in [0.29, 0.717) is 16.8 Å². The second-order valence-electron chi connectivity index (χ2n) is 11.6. The van der Waals surface area contributed by atoms with Crippen molar-refractivity contribution in [1.29, 1.82) is 0 Å². The van der Waals surface area contributed by atoms with Crippen LogP contribution in [-0.4, -0.2) is 115 Å². The first-order valence-corrected chi connectivity index (χ1v) is 13.3. The smallest absolute Gasteiger partial charge is 0.225 e. The number of likely N-dealkylation sites (N-methyl/N-ethyl adjacent to an activating group) is 1. The zero-order valence-corrected chi connectivity index (χ0v) is 24.0. The first kappa shape index (κ1) is 31.6. The minimum Gasteiger partial charge on any atom is -0.507 e. The van der Waals surface area contributed by atoms with Crippen LogP contribution in [-0.2, 0) is 27.3 Å². The number of hydrogen-bond acceptors (Lipinski definition) is 10. The van der Waals surface area contributed by atoms with Gasteiger partial charge in [0, 0.05) is 49.9 Å². The number of Topliss-reactive ketones (excluding diaryl/α,β-unsaturated/α-hetero) is 3. The van der Waals surface area contributed by atoms with Gasteiger partial charge in [-0.3, -0.25) is 24.1 Å². The van der Waals surface area contributed by atoms with Crippen LogP contribution in [0.2, 0.25) is 0 Å². The number of rotatable bonds is 11. The largest absolute Gasteiger partial charge is 0.507 e. The Hall–Kier alpha value is -2.93. The van der Waals surface area contributed by atoms with Crippen molar-refractivity contribution in [2.24, 2.45) is 23.5 Å². The van der Waals surface area contributed by atoms with Gasteiger partial charge < -0.3 is 30.9 Å². The molecule has 1 fully saturated rings. The highest BCUT2D eigenvalue weighted by Gasteiger charge is 2.63. The van der Waals surface area contributed by atoms with Crippen LogP contribution in [0.3, 0.4) is 0 Å². The highest BCUT2D eigenvalue weighted by Crippen LogP contribution is 2.50. The lowest BCUT2D eigenvalue weighted by atomic mass is 9.56. The Morgan fingerprint density at radius 1 is 1.20 bits per heavy atom. The van der Waals surface area contributed by atoms with Crippen LogP contribution in [0.1, 0.15) is 41.3 Å². The zero-order chi connectivity index (χ0) is 30.3. The molecule has 1 aromatic rings. The van der Waals surface area contributed by atoms with Gasteiger partial charge in [-0.2, -0.15) is 0 Å².